The van der Waals surface area contributed by atoms with Crippen molar-refractivity contribution in [2.24, 2.45) is 0 Å². The lowest BCUT2D eigenvalue weighted by atomic mass is 10.3. The van der Waals surface area contributed by atoms with E-state index in [-0.39, 0.29) is 0 Å². The first kappa shape index (κ1) is 11.3. The van der Waals surface area contributed by atoms with E-state index in [4.69, 9.17) is 14.8 Å². The number of carboxylic acids is 2. The van der Waals surface area contributed by atoms with Gasteiger partial charge in [0.2, 0.25) is 0 Å². The van der Waals surface area contributed by atoms with Crippen molar-refractivity contribution in [3.05, 3.63) is 0 Å². The van der Waals surface area contributed by atoms with Gasteiger partial charge >= 0.3 is 11.9 Å². The molecule has 0 radical (unpaired) electrons. The van der Waals surface area contributed by atoms with Crippen molar-refractivity contribution in [1.29, 1.82) is 0 Å². The molecule has 0 aromatic rings. The zero-order valence-electron chi connectivity index (χ0n) is 5.67. The molecule has 0 aliphatic carbocycles. The van der Waals surface area contributed by atoms with E-state index in [1.165, 1.54) is 0 Å². The van der Waals surface area contributed by atoms with Crippen LogP contribution >= 0.6 is 0 Å². The standard InChI is InChI=1S/C4H6O6S2/c5-3(6)1-2(4(7)8)12(9,10)11/h2H,1H2,(H,5,6)(H,7,8)(H,9,10,11). The molecule has 6 nitrogen and oxygen atoms in total. The summed E-state index contributed by atoms with van der Waals surface area (Å²) in [6.45, 7) is 0. The van der Waals surface area contributed by atoms with Crippen LogP contribution in [0.5, 0.6) is 0 Å². The molecule has 0 aliphatic rings. The summed E-state index contributed by atoms with van der Waals surface area (Å²) in [7, 11) is -4.01. The summed E-state index contributed by atoms with van der Waals surface area (Å²) in [6, 6.07) is 0. The second-order valence-corrected chi connectivity index (χ2v) is 4.97. The molecule has 0 aromatic carbocycles. The van der Waals surface area contributed by atoms with E-state index < -0.39 is 32.4 Å². The highest BCUT2D eigenvalue weighted by atomic mass is 32.8. The summed E-state index contributed by atoms with van der Waals surface area (Å²) in [6.07, 6.45) is -0.950. The van der Waals surface area contributed by atoms with Gasteiger partial charge in [0.15, 0.2) is 14.0 Å². The SMILES string of the molecule is O=C(O)CC(C(=O)O)S(=O)(O)=S. The van der Waals surface area contributed by atoms with Crippen molar-refractivity contribution >= 4 is 31.9 Å². The molecule has 2 atom stereocenters. The monoisotopic (exact) mass is 214 g/mol. The molecule has 0 rings (SSSR count). The van der Waals surface area contributed by atoms with E-state index in [9.17, 15) is 13.8 Å². The molecular formula is C4H6O6S2. The summed E-state index contributed by atoms with van der Waals surface area (Å²) in [4.78, 5) is 20.2. The Morgan fingerprint density at radius 1 is 1.42 bits per heavy atom. The van der Waals surface area contributed by atoms with Crippen LogP contribution in [0.2, 0.25) is 0 Å². The Bertz CT molecular complexity index is 291. The number of aliphatic carboxylic acids is 2. The summed E-state index contributed by atoms with van der Waals surface area (Å²) < 4.78 is 19.2. The smallest absolute Gasteiger partial charge is 0.322 e. The number of hydrogen-bond donors (Lipinski definition) is 3. The van der Waals surface area contributed by atoms with Crippen LogP contribution in [-0.4, -0.2) is 36.2 Å². The van der Waals surface area contributed by atoms with Gasteiger partial charge in [-0.3, -0.25) is 9.59 Å². The van der Waals surface area contributed by atoms with Crippen molar-refractivity contribution in [3.8, 4) is 0 Å². The Kier molecular flexibility index (Phi) is 3.55. The van der Waals surface area contributed by atoms with Gasteiger partial charge in [-0.1, -0.05) is 0 Å². The summed E-state index contributed by atoms with van der Waals surface area (Å²) in [5, 5.41) is 14.5. The molecule has 8 heteroatoms. The topological polar surface area (TPSA) is 112 Å². The fourth-order valence-corrected chi connectivity index (χ4v) is 1.54. The molecule has 0 heterocycles. The van der Waals surface area contributed by atoms with Crippen LogP contribution in [0.1, 0.15) is 6.42 Å². The molecule has 3 N–H and O–H groups in total. The van der Waals surface area contributed by atoms with Crippen molar-refractivity contribution in [1.82, 2.24) is 0 Å². The van der Waals surface area contributed by atoms with Crippen LogP contribution in [0.25, 0.3) is 0 Å². The molecular weight excluding hydrogens is 208 g/mol. The minimum absolute atomic E-state index is 0.950. The van der Waals surface area contributed by atoms with Gasteiger partial charge in [-0.05, 0) is 0 Å². The lowest BCUT2D eigenvalue weighted by Crippen LogP contribution is -2.31. The summed E-state index contributed by atoms with van der Waals surface area (Å²) in [5.41, 5.74) is 0. The minimum atomic E-state index is -4.01. The van der Waals surface area contributed by atoms with Crippen molar-refractivity contribution in [2.45, 2.75) is 11.7 Å². The number of rotatable bonds is 4. The Labute approximate surface area is 72.7 Å². The largest absolute Gasteiger partial charge is 0.481 e. The highest BCUT2D eigenvalue weighted by Crippen LogP contribution is 2.04. The molecule has 0 saturated heterocycles. The maximum absolute atomic E-state index is 10.6. The molecule has 70 valence electrons. The number of hydrogen-bond acceptors (Lipinski definition) is 4. The van der Waals surface area contributed by atoms with Gasteiger partial charge in [0.05, 0.1) is 6.42 Å². The number of carbonyl (C=O) groups is 2. The second kappa shape index (κ2) is 3.78. The molecule has 0 aliphatic heterocycles. The van der Waals surface area contributed by atoms with Crippen LogP contribution in [-0.2, 0) is 29.6 Å². The van der Waals surface area contributed by atoms with Crippen LogP contribution in [0.4, 0.5) is 0 Å². The lowest BCUT2D eigenvalue weighted by Gasteiger charge is -2.07. The molecule has 0 spiro atoms. The van der Waals surface area contributed by atoms with E-state index >= 15 is 0 Å². The Morgan fingerprint density at radius 2 is 1.83 bits per heavy atom. The van der Waals surface area contributed by atoms with Gasteiger partial charge in [0.25, 0.3) is 0 Å². The Morgan fingerprint density at radius 3 is 1.92 bits per heavy atom. The lowest BCUT2D eigenvalue weighted by molar-refractivity contribution is -0.143. The predicted octanol–water partition coefficient (Wildman–Crippen LogP) is -0.866. The Balaban J connectivity index is 4.70. The quantitative estimate of drug-likeness (QED) is 0.557. The predicted molar refractivity (Wildman–Crippen MR) is 41.8 cm³/mol. The second-order valence-electron chi connectivity index (χ2n) is 1.94. The molecule has 0 aromatic heterocycles. The molecule has 0 saturated carbocycles. The summed E-state index contributed by atoms with van der Waals surface area (Å²) in [5.74, 6) is -3.16. The van der Waals surface area contributed by atoms with Crippen LogP contribution < -0.4 is 0 Å². The van der Waals surface area contributed by atoms with Gasteiger partial charge in [-0.15, -0.1) is 0 Å². The van der Waals surface area contributed by atoms with Gasteiger partial charge in [-0.25, -0.2) is 4.21 Å². The maximum Gasteiger partial charge on any atom is 0.322 e. The highest BCUT2D eigenvalue weighted by molar-refractivity contribution is 8.30. The zero-order valence-corrected chi connectivity index (χ0v) is 7.30. The van der Waals surface area contributed by atoms with Gasteiger partial charge in [0.1, 0.15) is 0 Å². The van der Waals surface area contributed by atoms with E-state index in [1.807, 2.05) is 0 Å². The first-order chi connectivity index (χ1) is 5.25. The van der Waals surface area contributed by atoms with Crippen molar-refractivity contribution in [3.63, 3.8) is 0 Å². The molecule has 0 amide bonds. The first-order valence-corrected chi connectivity index (χ1v) is 5.16. The molecule has 0 bridgehead atoms. The minimum Gasteiger partial charge on any atom is -0.481 e. The van der Waals surface area contributed by atoms with Crippen molar-refractivity contribution in [2.75, 3.05) is 0 Å². The average Bonchev–Trinajstić information content (AvgIpc) is 1.79. The zero-order chi connectivity index (χ0) is 9.94. The molecule has 12 heavy (non-hydrogen) atoms. The van der Waals surface area contributed by atoms with Gasteiger partial charge < -0.3 is 14.8 Å². The average molecular weight is 214 g/mol. The molecule has 0 fully saturated rings. The van der Waals surface area contributed by atoms with Crippen LogP contribution in [0.15, 0.2) is 0 Å². The van der Waals surface area contributed by atoms with Crippen LogP contribution in [0, 0.1) is 0 Å². The highest BCUT2D eigenvalue weighted by Gasteiger charge is 2.29. The van der Waals surface area contributed by atoms with E-state index in [0.29, 0.717) is 0 Å². The normalized spacial score (nSPS) is 17.8. The van der Waals surface area contributed by atoms with E-state index in [0.717, 1.165) is 0 Å². The number of carboxylic acid groups (broad SMARTS) is 2. The van der Waals surface area contributed by atoms with Gasteiger partial charge in [-0.2, -0.15) is 0 Å². The Hall–Kier alpha value is -0.730. The third-order valence-corrected chi connectivity index (χ3v) is 2.78. The van der Waals surface area contributed by atoms with Crippen molar-refractivity contribution < 1.29 is 28.6 Å². The van der Waals surface area contributed by atoms with E-state index in [1.54, 1.807) is 0 Å². The first-order valence-electron chi connectivity index (χ1n) is 2.66. The third kappa shape index (κ3) is 3.60. The summed E-state index contributed by atoms with van der Waals surface area (Å²) >= 11 is 3.94. The fraction of sp³-hybridized carbons (Fsp3) is 0.500. The van der Waals surface area contributed by atoms with E-state index in [2.05, 4.69) is 11.2 Å². The third-order valence-electron chi connectivity index (χ3n) is 0.995. The van der Waals surface area contributed by atoms with Crippen LogP contribution in [0.3, 0.4) is 0 Å². The fourth-order valence-electron chi connectivity index (χ4n) is 0.479. The molecule has 2 unspecified atom stereocenters. The maximum atomic E-state index is 10.6. The van der Waals surface area contributed by atoms with Gasteiger partial charge in [0, 0.05) is 11.2 Å².